The minimum absolute atomic E-state index is 0.547. The topological polar surface area (TPSA) is 57.4 Å². The summed E-state index contributed by atoms with van der Waals surface area (Å²) >= 11 is 0. The summed E-state index contributed by atoms with van der Waals surface area (Å²) in [5.74, 6) is 0. The Morgan fingerprint density at radius 3 is 1.44 bits per heavy atom. The Labute approximate surface area is 277 Å². The number of para-hydroxylation sites is 5. The summed E-state index contributed by atoms with van der Waals surface area (Å²) in [5.41, 5.74) is 10.8. The molecule has 0 amide bonds. The maximum absolute atomic E-state index is 10.6. The zero-order chi connectivity index (χ0) is 32.2. The Morgan fingerprint density at radius 2 is 0.875 bits per heavy atom. The fraction of sp³-hybridized carbons (Fsp3) is 0. The SMILES string of the molecule is N#Cc1cc(-c2cccc(-n3c4ccccc4c4ccccc43)c2)ccc1-c1cccc(C#N)c1-n1c2ccccc2c2ccccc21. The average Bonchev–Trinajstić information content (AvgIpc) is 3.67. The van der Waals surface area contributed by atoms with Crippen molar-refractivity contribution in [3.63, 3.8) is 0 Å². The van der Waals surface area contributed by atoms with Gasteiger partial charge in [0.15, 0.2) is 0 Å². The van der Waals surface area contributed by atoms with E-state index in [4.69, 9.17) is 0 Å². The molecule has 222 valence electrons. The molecule has 7 aromatic carbocycles. The molecule has 2 heterocycles. The van der Waals surface area contributed by atoms with E-state index in [9.17, 15) is 10.5 Å². The van der Waals surface area contributed by atoms with Gasteiger partial charge in [0.25, 0.3) is 0 Å². The molecule has 4 heteroatoms. The standard InChI is InChI=1S/C44H26N4/c45-27-31-12-10-18-39(44(31)48-42-21-7-3-16-37(42)38-17-4-8-22-43(38)48)34-24-23-30(25-32(34)28-46)29-11-9-13-33(26-29)47-40-19-5-1-14-35(40)36-15-2-6-20-41(36)47/h1-26H. The van der Waals surface area contributed by atoms with Crippen LogP contribution in [-0.2, 0) is 0 Å². The second kappa shape index (κ2) is 10.9. The van der Waals surface area contributed by atoms with Crippen LogP contribution in [-0.4, -0.2) is 9.13 Å². The molecule has 0 saturated heterocycles. The molecule has 4 nitrogen and oxygen atoms in total. The van der Waals surface area contributed by atoms with E-state index in [0.29, 0.717) is 11.1 Å². The van der Waals surface area contributed by atoms with E-state index in [0.717, 1.165) is 66.5 Å². The molecular formula is C44H26N4. The molecule has 0 bridgehead atoms. The Balaban J connectivity index is 1.22. The van der Waals surface area contributed by atoms with Crippen LogP contribution in [0.5, 0.6) is 0 Å². The van der Waals surface area contributed by atoms with Gasteiger partial charge in [0.2, 0.25) is 0 Å². The quantitative estimate of drug-likeness (QED) is 0.199. The van der Waals surface area contributed by atoms with Gasteiger partial charge in [-0.15, -0.1) is 0 Å². The lowest BCUT2D eigenvalue weighted by molar-refractivity contribution is 1.17. The van der Waals surface area contributed by atoms with Gasteiger partial charge in [0.1, 0.15) is 6.07 Å². The summed E-state index contributed by atoms with van der Waals surface area (Å²) < 4.78 is 4.47. The van der Waals surface area contributed by atoms with Crippen molar-refractivity contribution in [2.24, 2.45) is 0 Å². The summed E-state index contributed by atoms with van der Waals surface area (Å²) in [4.78, 5) is 0. The van der Waals surface area contributed by atoms with Crippen molar-refractivity contribution >= 4 is 43.6 Å². The van der Waals surface area contributed by atoms with Gasteiger partial charge in [-0.05, 0) is 59.7 Å². The minimum atomic E-state index is 0.547. The van der Waals surface area contributed by atoms with Gasteiger partial charge in [0.05, 0.1) is 45.0 Å². The highest BCUT2D eigenvalue weighted by atomic mass is 15.0. The van der Waals surface area contributed by atoms with Crippen LogP contribution in [0.2, 0.25) is 0 Å². The van der Waals surface area contributed by atoms with Crippen molar-refractivity contribution < 1.29 is 0 Å². The van der Waals surface area contributed by atoms with Crippen molar-refractivity contribution in [3.05, 3.63) is 169 Å². The van der Waals surface area contributed by atoms with Crippen molar-refractivity contribution in [1.29, 1.82) is 10.5 Å². The summed E-state index contributed by atoms with van der Waals surface area (Å²) in [6, 6.07) is 58.8. The Morgan fingerprint density at radius 1 is 0.375 bits per heavy atom. The Kier molecular flexibility index (Phi) is 6.22. The van der Waals surface area contributed by atoms with Crippen molar-refractivity contribution in [3.8, 4) is 45.8 Å². The number of nitrogens with zero attached hydrogens (tertiary/aromatic N) is 4. The first-order valence-electron chi connectivity index (χ1n) is 15.9. The third-order valence-corrected chi connectivity index (χ3v) is 9.41. The van der Waals surface area contributed by atoms with Gasteiger partial charge < -0.3 is 9.13 Å². The molecule has 0 N–H and O–H groups in total. The van der Waals surface area contributed by atoms with Crippen molar-refractivity contribution in [2.45, 2.75) is 0 Å². The van der Waals surface area contributed by atoms with E-state index < -0.39 is 0 Å². The van der Waals surface area contributed by atoms with Crippen LogP contribution >= 0.6 is 0 Å². The first-order valence-corrected chi connectivity index (χ1v) is 15.9. The second-order valence-electron chi connectivity index (χ2n) is 12.0. The molecule has 0 aliphatic heterocycles. The van der Waals surface area contributed by atoms with E-state index in [-0.39, 0.29) is 0 Å². The van der Waals surface area contributed by atoms with E-state index >= 15 is 0 Å². The monoisotopic (exact) mass is 610 g/mol. The maximum Gasteiger partial charge on any atom is 0.101 e. The highest BCUT2D eigenvalue weighted by molar-refractivity contribution is 6.10. The van der Waals surface area contributed by atoms with Gasteiger partial charge in [-0.25, -0.2) is 0 Å². The van der Waals surface area contributed by atoms with Crippen LogP contribution in [0.25, 0.3) is 77.2 Å². The van der Waals surface area contributed by atoms with Gasteiger partial charge in [-0.2, -0.15) is 10.5 Å². The van der Waals surface area contributed by atoms with Gasteiger partial charge in [-0.3, -0.25) is 0 Å². The fourth-order valence-electron chi connectivity index (χ4n) is 7.33. The van der Waals surface area contributed by atoms with Crippen LogP contribution in [0.3, 0.4) is 0 Å². The molecule has 0 aliphatic carbocycles. The number of benzene rings is 7. The highest BCUT2D eigenvalue weighted by Crippen LogP contribution is 2.40. The molecule has 0 saturated carbocycles. The molecule has 48 heavy (non-hydrogen) atoms. The molecule has 0 unspecified atom stereocenters. The lowest BCUT2D eigenvalue weighted by Crippen LogP contribution is -2.01. The van der Waals surface area contributed by atoms with Gasteiger partial charge >= 0.3 is 0 Å². The summed E-state index contributed by atoms with van der Waals surface area (Å²) in [5, 5.41) is 25.6. The number of rotatable bonds is 4. The Bertz CT molecular complexity index is 2710. The molecule has 0 fully saturated rings. The molecule has 2 aromatic heterocycles. The zero-order valence-electron chi connectivity index (χ0n) is 25.8. The summed E-state index contributed by atoms with van der Waals surface area (Å²) in [7, 11) is 0. The van der Waals surface area contributed by atoms with E-state index in [1.54, 1.807) is 0 Å². The number of nitriles is 2. The minimum Gasteiger partial charge on any atom is -0.309 e. The zero-order valence-corrected chi connectivity index (χ0v) is 25.8. The lowest BCUT2D eigenvalue weighted by atomic mass is 9.93. The van der Waals surface area contributed by atoms with Crippen LogP contribution in [0.15, 0.2) is 158 Å². The third-order valence-electron chi connectivity index (χ3n) is 9.41. The average molecular weight is 611 g/mol. The largest absolute Gasteiger partial charge is 0.309 e. The highest BCUT2D eigenvalue weighted by Gasteiger charge is 2.20. The second-order valence-corrected chi connectivity index (χ2v) is 12.0. The first-order chi connectivity index (χ1) is 23.7. The molecular weight excluding hydrogens is 585 g/mol. The Hall–Kier alpha value is -6.88. The normalized spacial score (nSPS) is 11.3. The van der Waals surface area contributed by atoms with E-state index in [1.807, 2.05) is 54.6 Å². The smallest absolute Gasteiger partial charge is 0.101 e. The lowest BCUT2D eigenvalue weighted by Gasteiger charge is -2.17. The van der Waals surface area contributed by atoms with Crippen LogP contribution < -0.4 is 0 Å². The van der Waals surface area contributed by atoms with Crippen LogP contribution in [0, 0.1) is 22.7 Å². The maximum atomic E-state index is 10.6. The van der Waals surface area contributed by atoms with Crippen molar-refractivity contribution in [2.75, 3.05) is 0 Å². The van der Waals surface area contributed by atoms with Crippen LogP contribution in [0.4, 0.5) is 0 Å². The van der Waals surface area contributed by atoms with E-state index in [2.05, 4.69) is 124 Å². The molecule has 0 atom stereocenters. The molecule has 0 spiro atoms. The number of aromatic nitrogens is 2. The summed E-state index contributed by atoms with van der Waals surface area (Å²) in [6.45, 7) is 0. The van der Waals surface area contributed by atoms with Crippen molar-refractivity contribution in [1.82, 2.24) is 9.13 Å². The molecule has 0 aliphatic rings. The van der Waals surface area contributed by atoms with Gasteiger partial charge in [-0.1, -0.05) is 109 Å². The number of fused-ring (bicyclic) bond motifs is 6. The molecule has 9 aromatic rings. The molecule has 9 rings (SSSR count). The first kappa shape index (κ1) is 27.4. The number of hydrogen-bond acceptors (Lipinski definition) is 2. The number of hydrogen-bond donors (Lipinski definition) is 0. The molecule has 0 radical (unpaired) electrons. The predicted molar refractivity (Wildman–Crippen MR) is 195 cm³/mol. The predicted octanol–water partition coefficient (Wildman–Crippen LogP) is 11.0. The van der Waals surface area contributed by atoms with Crippen LogP contribution in [0.1, 0.15) is 11.1 Å². The fourth-order valence-corrected chi connectivity index (χ4v) is 7.33. The van der Waals surface area contributed by atoms with Gasteiger partial charge in [0, 0.05) is 38.4 Å². The van der Waals surface area contributed by atoms with E-state index in [1.165, 1.54) is 10.8 Å². The summed E-state index contributed by atoms with van der Waals surface area (Å²) in [6.07, 6.45) is 0. The third kappa shape index (κ3) is 4.07.